The van der Waals surface area contributed by atoms with E-state index in [4.69, 9.17) is 5.73 Å². The lowest BCUT2D eigenvalue weighted by Gasteiger charge is -2.18. The van der Waals surface area contributed by atoms with E-state index >= 15 is 0 Å². The number of hydrogen-bond acceptors (Lipinski definition) is 3. The van der Waals surface area contributed by atoms with E-state index in [1.165, 1.54) is 24.0 Å². The summed E-state index contributed by atoms with van der Waals surface area (Å²) >= 11 is 0. The SMILES string of the molecule is Cc1ccncc1C(CN)NCC1CC1. The Hall–Kier alpha value is -0.930. The maximum atomic E-state index is 5.79. The Bertz CT molecular complexity index is 320. The zero-order valence-corrected chi connectivity index (χ0v) is 9.24. The molecule has 15 heavy (non-hydrogen) atoms. The molecule has 1 aromatic rings. The van der Waals surface area contributed by atoms with Crippen molar-refractivity contribution >= 4 is 0 Å². The summed E-state index contributed by atoms with van der Waals surface area (Å²) in [5.74, 6) is 0.885. The molecule has 2 rings (SSSR count). The lowest BCUT2D eigenvalue weighted by Crippen LogP contribution is -2.30. The number of nitrogens with one attached hydrogen (secondary N) is 1. The van der Waals surface area contributed by atoms with E-state index in [0.29, 0.717) is 6.54 Å². The van der Waals surface area contributed by atoms with Crippen molar-refractivity contribution in [2.45, 2.75) is 25.8 Å². The highest BCUT2D eigenvalue weighted by Crippen LogP contribution is 2.28. The van der Waals surface area contributed by atoms with Gasteiger partial charge in [0.1, 0.15) is 0 Å². The van der Waals surface area contributed by atoms with Gasteiger partial charge in [-0.15, -0.1) is 0 Å². The molecular weight excluding hydrogens is 186 g/mol. The van der Waals surface area contributed by atoms with Gasteiger partial charge in [0.25, 0.3) is 0 Å². The molecule has 1 aliphatic rings. The lowest BCUT2D eigenvalue weighted by atomic mass is 10.0. The number of pyridine rings is 1. The highest BCUT2D eigenvalue weighted by molar-refractivity contribution is 5.25. The van der Waals surface area contributed by atoms with Crippen LogP contribution in [0, 0.1) is 12.8 Å². The van der Waals surface area contributed by atoms with Crippen LogP contribution in [-0.4, -0.2) is 18.1 Å². The molecule has 0 bridgehead atoms. The number of nitrogens with zero attached hydrogens (tertiary/aromatic N) is 1. The summed E-state index contributed by atoms with van der Waals surface area (Å²) in [7, 11) is 0. The Morgan fingerprint density at radius 3 is 3.00 bits per heavy atom. The van der Waals surface area contributed by atoms with Crippen molar-refractivity contribution in [3.63, 3.8) is 0 Å². The molecule has 0 amide bonds. The van der Waals surface area contributed by atoms with Crippen LogP contribution in [0.1, 0.15) is 30.0 Å². The van der Waals surface area contributed by atoms with Crippen molar-refractivity contribution in [1.82, 2.24) is 10.3 Å². The fourth-order valence-corrected chi connectivity index (χ4v) is 1.79. The number of rotatable bonds is 5. The smallest absolute Gasteiger partial charge is 0.0462 e. The van der Waals surface area contributed by atoms with Crippen LogP contribution in [0.15, 0.2) is 18.5 Å². The predicted octanol–water partition coefficient (Wildman–Crippen LogP) is 1.39. The fraction of sp³-hybridized carbons (Fsp3) is 0.583. The second kappa shape index (κ2) is 4.73. The number of aromatic nitrogens is 1. The minimum atomic E-state index is 0.263. The molecule has 0 aliphatic heterocycles. The topological polar surface area (TPSA) is 50.9 Å². The summed E-state index contributed by atoms with van der Waals surface area (Å²) in [5, 5.41) is 3.52. The molecule has 0 spiro atoms. The van der Waals surface area contributed by atoms with Gasteiger partial charge in [0.2, 0.25) is 0 Å². The van der Waals surface area contributed by atoms with Crippen molar-refractivity contribution in [2.75, 3.05) is 13.1 Å². The highest BCUT2D eigenvalue weighted by Gasteiger charge is 2.22. The van der Waals surface area contributed by atoms with Crippen LogP contribution in [0.5, 0.6) is 0 Å². The number of nitrogens with two attached hydrogens (primary N) is 1. The minimum absolute atomic E-state index is 0.263. The van der Waals surface area contributed by atoms with Crippen LogP contribution in [0.25, 0.3) is 0 Å². The number of hydrogen-bond donors (Lipinski definition) is 2. The van der Waals surface area contributed by atoms with Crippen LogP contribution in [-0.2, 0) is 0 Å². The summed E-state index contributed by atoms with van der Waals surface area (Å²) in [4.78, 5) is 4.16. The monoisotopic (exact) mass is 205 g/mol. The second-order valence-corrected chi connectivity index (χ2v) is 4.37. The standard InChI is InChI=1S/C12H19N3/c1-9-4-5-14-8-11(9)12(6-13)15-7-10-2-3-10/h4-5,8,10,12,15H,2-3,6-7,13H2,1H3. The quantitative estimate of drug-likeness (QED) is 0.763. The highest BCUT2D eigenvalue weighted by atomic mass is 14.9. The van der Waals surface area contributed by atoms with Gasteiger partial charge in [-0.3, -0.25) is 4.98 Å². The maximum Gasteiger partial charge on any atom is 0.0462 e. The third-order valence-corrected chi connectivity index (χ3v) is 3.04. The Balaban J connectivity index is 2.00. The van der Waals surface area contributed by atoms with Crippen LogP contribution < -0.4 is 11.1 Å². The molecule has 1 unspecified atom stereocenters. The van der Waals surface area contributed by atoms with Gasteiger partial charge in [0.05, 0.1) is 0 Å². The molecule has 3 nitrogen and oxygen atoms in total. The van der Waals surface area contributed by atoms with Gasteiger partial charge in [-0.1, -0.05) is 0 Å². The van der Waals surface area contributed by atoms with Gasteiger partial charge in [-0.25, -0.2) is 0 Å². The predicted molar refractivity (Wildman–Crippen MR) is 61.5 cm³/mol. The summed E-state index contributed by atoms with van der Waals surface area (Å²) in [6, 6.07) is 2.30. The molecule has 1 aliphatic carbocycles. The second-order valence-electron chi connectivity index (χ2n) is 4.37. The van der Waals surface area contributed by atoms with Crippen LogP contribution >= 0.6 is 0 Å². The Morgan fingerprint density at radius 2 is 2.40 bits per heavy atom. The normalized spacial score (nSPS) is 17.7. The molecule has 1 aromatic heterocycles. The summed E-state index contributed by atoms with van der Waals surface area (Å²) in [6.45, 7) is 3.84. The van der Waals surface area contributed by atoms with Gasteiger partial charge in [0.15, 0.2) is 0 Å². The van der Waals surface area contributed by atoms with Gasteiger partial charge in [0, 0.05) is 25.0 Å². The molecule has 0 radical (unpaired) electrons. The van der Waals surface area contributed by atoms with E-state index in [1.54, 1.807) is 0 Å². The van der Waals surface area contributed by atoms with E-state index in [-0.39, 0.29) is 6.04 Å². The molecular formula is C12H19N3. The lowest BCUT2D eigenvalue weighted by molar-refractivity contribution is 0.519. The van der Waals surface area contributed by atoms with Gasteiger partial charge in [-0.2, -0.15) is 0 Å². The molecule has 82 valence electrons. The van der Waals surface area contributed by atoms with Crippen molar-refractivity contribution in [3.8, 4) is 0 Å². The first-order chi connectivity index (χ1) is 7.31. The van der Waals surface area contributed by atoms with E-state index in [9.17, 15) is 0 Å². The molecule has 0 saturated heterocycles. The summed E-state index contributed by atoms with van der Waals surface area (Å²) < 4.78 is 0. The Kier molecular flexibility index (Phi) is 3.34. The van der Waals surface area contributed by atoms with Crippen molar-refractivity contribution < 1.29 is 0 Å². The molecule has 1 atom stereocenters. The van der Waals surface area contributed by atoms with E-state index in [0.717, 1.165) is 12.5 Å². The molecule has 3 N–H and O–H groups in total. The van der Waals surface area contributed by atoms with E-state index in [1.807, 2.05) is 18.5 Å². The molecule has 0 aromatic carbocycles. The third kappa shape index (κ3) is 2.76. The van der Waals surface area contributed by atoms with Crippen molar-refractivity contribution in [3.05, 3.63) is 29.6 Å². The molecule has 1 fully saturated rings. The van der Waals surface area contributed by atoms with Gasteiger partial charge < -0.3 is 11.1 Å². The van der Waals surface area contributed by atoms with Crippen molar-refractivity contribution in [1.29, 1.82) is 0 Å². The van der Waals surface area contributed by atoms with Gasteiger partial charge >= 0.3 is 0 Å². The van der Waals surface area contributed by atoms with E-state index < -0.39 is 0 Å². The van der Waals surface area contributed by atoms with Crippen LogP contribution in [0.2, 0.25) is 0 Å². The molecule has 1 saturated carbocycles. The zero-order valence-electron chi connectivity index (χ0n) is 9.24. The molecule has 3 heteroatoms. The fourth-order valence-electron chi connectivity index (χ4n) is 1.79. The Labute approximate surface area is 91.1 Å². The first kappa shape index (κ1) is 10.6. The largest absolute Gasteiger partial charge is 0.329 e. The van der Waals surface area contributed by atoms with Crippen LogP contribution in [0.3, 0.4) is 0 Å². The minimum Gasteiger partial charge on any atom is -0.329 e. The average Bonchev–Trinajstić information content (AvgIpc) is 3.05. The summed E-state index contributed by atoms with van der Waals surface area (Å²) in [5.41, 5.74) is 8.29. The van der Waals surface area contributed by atoms with Gasteiger partial charge in [-0.05, 0) is 49.4 Å². The first-order valence-electron chi connectivity index (χ1n) is 5.65. The molecule has 1 heterocycles. The maximum absolute atomic E-state index is 5.79. The average molecular weight is 205 g/mol. The summed E-state index contributed by atoms with van der Waals surface area (Å²) in [6.07, 6.45) is 6.49. The Morgan fingerprint density at radius 1 is 1.60 bits per heavy atom. The van der Waals surface area contributed by atoms with E-state index in [2.05, 4.69) is 17.2 Å². The third-order valence-electron chi connectivity index (χ3n) is 3.04. The first-order valence-corrected chi connectivity index (χ1v) is 5.65. The number of aryl methyl sites for hydroxylation is 1. The zero-order chi connectivity index (χ0) is 10.7. The van der Waals surface area contributed by atoms with Crippen LogP contribution in [0.4, 0.5) is 0 Å². The van der Waals surface area contributed by atoms with Crippen molar-refractivity contribution in [2.24, 2.45) is 11.7 Å².